The van der Waals surface area contributed by atoms with Gasteiger partial charge in [-0.2, -0.15) is 0 Å². The second-order valence-corrected chi connectivity index (χ2v) is 5.00. The minimum atomic E-state index is -0.845. The van der Waals surface area contributed by atoms with Crippen LogP contribution in [0, 0.1) is 37.3 Å². The van der Waals surface area contributed by atoms with E-state index in [1.54, 1.807) is 6.92 Å². The lowest BCUT2D eigenvalue weighted by molar-refractivity contribution is -0.394. The summed E-state index contributed by atoms with van der Waals surface area (Å²) >= 11 is 5.76. The van der Waals surface area contributed by atoms with Crippen molar-refractivity contribution in [3.8, 4) is 11.5 Å². The highest BCUT2D eigenvalue weighted by molar-refractivity contribution is 6.32. The summed E-state index contributed by atoms with van der Waals surface area (Å²) in [6.07, 6.45) is 0. The second-order valence-electron chi connectivity index (χ2n) is 4.59. The largest absolute Gasteiger partial charge is 0.450 e. The van der Waals surface area contributed by atoms with E-state index in [0.29, 0.717) is 5.56 Å². The van der Waals surface area contributed by atoms with Gasteiger partial charge in [-0.3, -0.25) is 30.3 Å². The number of ether oxygens (including phenoxy) is 1. The number of aryl methyl sites for hydroxylation is 1. The van der Waals surface area contributed by atoms with Crippen LogP contribution < -0.4 is 4.74 Å². The molecule has 0 aliphatic heterocycles. The fourth-order valence-electron chi connectivity index (χ4n) is 1.86. The van der Waals surface area contributed by atoms with Gasteiger partial charge < -0.3 is 4.74 Å². The highest BCUT2D eigenvalue weighted by atomic mass is 35.5. The standard InChI is InChI=1S/C13H8ClN3O7/c1-7-4-9(14)10(16(20)21)6-13(7)24-12-3-2-8(15(18)19)5-11(12)17(22)23/h2-6H,1H3. The van der Waals surface area contributed by atoms with Crippen LogP contribution in [-0.2, 0) is 0 Å². The number of non-ortho nitro benzene ring substituents is 1. The molecule has 0 unspecified atom stereocenters. The molecule has 2 aromatic rings. The van der Waals surface area contributed by atoms with Crippen LogP contribution in [0.5, 0.6) is 11.5 Å². The predicted octanol–water partition coefficient (Wildman–Crippen LogP) is 4.17. The van der Waals surface area contributed by atoms with Crippen molar-refractivity contribution in [3.63, 3.8) is 0 Å². The Hall–Kier alpha value is -3.27. The van der Waals surface area contributed by atoms with Gasteiger partial charge in [0.2, 0.25) is 5.75 Å². The van der Waals surface area contributed by atoms with Crippen molar-refractivity contribution in [1.29, 1.82) is 0 Å². The van der Waals surface area contributed by atoms with Crippen LogP contribution in [0.4, 0.5) is 17.1 Å². The monoisotopic (exact) mass is 353 g/mol. The molecule has 0 heterocycles. The molecule has 2 rings (SSSR count). The van der Waals surface area contributed by atoms with Gasteiger partial charge >= 0.3 is 5.69 Å². The first-order chi connectivity index (χ1) is 11.2. The Morgan fingerprint density at radius 1 is 0.875 bits per heavy atom. The molecule has 0 bridgehead atoms. The number of halogens is 1. The zero-order chi connectivity index (χ0) is 18.0. The van der Waals surface area contributed by atoms with Crippen LogP contribution in [0.25, 0.3) is 0 Å². The van der Waals surface area contributed by atoms with E-state index in [1.165, 1.54) is 6.07 Å². The molecule has 10 nitrogen and oxygen atoms in total. The maximum absolute atomic E-state index is 11.1. The van der Waals surface area contributed by atoms with Gasteiger partial charge in [0.25, 0.3) is 11.4 Å². The number of rotatable bonds is 5. The maximum Gasteiger partial charge on any atom is 0.318 e. The molecule has 0 saturated heterocycles. The van der Waals surface area contributed by atoms with Gasteiger partial charge in [-0.05, 0) is 24.6 Å². The highest BCUT2D eigenvalue weighted by Gasteiger charge is 2.23. The third-order valence-electron chi connectivity index (χ3n) is 3.01. The molecule has 0 amide bonds. The average molecular weight is 354 g/mol. The van der Waals surface area contributed by atoms with Crippen LogP contribution in [0.3, 0.4) is 0 Å². The summed E-state index contributed by atoms with van der Waals surface area (Å²) in [5.74, 6) is -0.312. The summed E-state index contributed by atoms with van der Waals surface area (Å²) in [7, 11) is 0. The van der Waals surface area contributed by atoms with Crippen LogP contribution >= 0.6 is 11.6 Å². The second kappa shape index (κ2) is 6.46. The van der Waals surface area contributed by atoms with E-state index >= 15 is 0 Å². The van der Waals surface area contributed by atoms with Crippen molar-refractivity contribution in [1.82, 2.24) is 0 Å². The first-order valence-corrected chi connectivity index (χ1v) is 6.63. The molecule has 0 radical (unpaired) electrons. The molecule has 2 aromatic carbocycles. The first-order valence-electron chi connectivity index (χ1n) is 6.26. The smallest absolute Gasteiger partial charge is 0.318 e. The molecule has 24 heavy (non-hydrogen) atoms. The minimum Gasteiger partial charge on any atom is -0.450 e. The number of nitro benzene ring substituents is 3. The van der Waals surface area contributed by atoms with Crippen molar-refractivity contribution in [2.45, 2.75) is 6.92 Å². The summed E-state index contributed by atoms with van der Waals surface area (Å²) in [5.41, 5.74) is -1.14. The fraction of sp³-hybridized carbons (Fsp3) is 0.0769. The van der Waals surface area contributed by atoms with Gasteiger partial charge in [-0.25, -0.2) is 0 Å². The molecule has 0 aromatic heterocycles. The lowest BCUT2D eigenvalue weighted by Gasteiger charge is -2.09. The number of hydrogen-bond acceptors (Lipinski definition) is 7. The van der Waals surface area contributed by atoms with E-state index in [4.69, 9.17) is 16.3 Å². The number of benzene rings is 2. The molecule has 0 aliphatic carbocycles. The van der Waals surface area contributed by atoms with E-state index in [9.17, 15) is 30.3 Å². The molecular weight excluding hydrogens is 346 g/mol. The molecule has 0 N–H and O–H groups in total. The van der Waals surface area contributed by atoms with Gasteiger partial charge in [0.1, 0.15) is 10.8 Å². The molecule has 11 heteroatoms. The Labute approximate surface area is 138 Å². The quantitative estimate of drug-likeness (QED) is 0.580. The Balaban J connectivity index is 2.52. The SMILES string of the molecule is Cc1cc(Cl)c([N+](=O)[O-])cc1Oc1ccc([N+](=O)[O-])cc1[N+](=O)[O-]. The van der Waals surface area contributed by atoms with Crippen LogP contribution in [0.1, 0.15) is 5.56 Å². The van der Waals surface area contributed by atoms with Gasteiger partial charge in [-0.1, -0.05) is 11.6 Å². The van der Waals surface area contributed by atoms with Gasteiger partial charge in [0, 0.05) is 6.07 Å². The number of nitro groups is 3. The first kappa shape index (κ1) is 17.1. The molecule has 124 valence electrons. The molecule has 0 fully saturated rings. The van der Waals surface area contributed by atoms with E-state index < -0.39 is 31.8 Å². The normalized spacial score (nSPS) is 10.2. The van der Waals surface area contributed by atoms with Crippen molar-refractivity contribution in [3.05, 3.63) is 71.3 Å². The van der Waals surface area contributed by atoms with Gasteiger partial charge in [-0.15, -0.1) is 0 Å². The van der Waals surface area contributed by atoms with Crippen molar-refractivity contribution in [2.24, 2.45) is 0 Å². The van der Waals surface area contributed by atoms with Crippen molar-refractivity contribution in [2.75, 3.05) is 0 Å². The highest BCUT2D eigenvalue weighted by Crippen LogP contribution is 2.38. The predicted molar refractivity (Wildman–Crippen MR) is 82.7 cm³/mol. The Morgan fingerprint density at radius 2 is 1.50 bits per heavy atom. The van der Waals surface area contributed by atoms with Gasteiger partial charge in [0.05, 0.1) is 26.9 Å². The third-order valence-corrected chi connectivity index (χ3v) is 3.31. The number of hydrogen-bond donors (Lipinski definition) is 0. The zero-order valence-corrected chi connectivity index (χ0v) is 12.7. The van der Waals surface area contributed by atoms with E-state index in [1.807, 2.05) is 0 Å². The topological polar surface area (TPSA) is 139 Å². The summed E-state index contributed by atoms with van der Waals surface area (Å²) in [6.45, 7) is 1.54. The van der Waals surface area contributed by atoms with E-state index in [-0.39, 0.29) is 16.5 Å². The molecule has 0 aliphatic rings. The maximum atomic E-state index is 11.1. The molecule has 0 spiro atoms. The van der Waals surface area contributed by atoms with Crippen LogP contribution in [0.15, 0.2) is 30.3 Å². The van der Waals surface area contributed by atoms with E-state index in [0.717, 1.165) is 24.3 Å². The summed E-state index contributed by atoms with van der Waals surface area (Å²) in [5, 5.41) is 32.6. The summed E-state index contributed by atoms with van der Waals surface area (Å²) < 4.78 is 5.35. The third kappa shape index (κ3) is 3.38. The number of nitrogens with zero attached hydrogens (tertiary/aromatic N) is 3. The summed E-state index contributed by atoms with van der Waals surface area (Å²) in [4.78, 5) is 30.3. The van der Waals surface area contributed by atoms with Crippen molar-refractivity contribution >= 4 is 28.7 Å². The average Bonchev–Trinajstić information content (AvgIpc) is 2.49. The Bertz CT molecular complexity index is 869. The lowest BCUT2D eigenvalue weighted by Crippen LogP contribution is -1.98. The zero-order valence-electron chi connectivity index (χ0n) is 12.0. The molecule has 0 atom stereocenters. The van der Waals surface area contributed by atoms with Gasteiger partial charge in [0.15, 0.2) is 0 Å². The Morgan fingerprint density at radius 3 is 2.04 bits per heavy atom. The summed E-state index contributed by atoms with van der Waals surface area (Å²) in [6, 6.07) is 5.14. The van der Waals surface area contributed by atoms with E-state index in [2.05, 4.69) is 0 Å². The Kier molecular flexibility index (Phi) is 4.60. The molecular formula is C13H8ClN3O7. The fourth-order valence-corrected chi connectivity index (χ4v) is 2.15. The van der Waals surface area contributed by atoms with Crippen LogP contribution in [-0.4, -0.2) is 14.8 Å². The van der Waals surface area contributed by atoms with Crippen molar-refractivity contribution < 1.29 is 19.5 Å². The minimum absolute atomic E-state index is 0.0250. The molecule has 0 saturated carbocycles. The van der Waals surface area contributed by atoms with Crippen LogP contribution in [0.2, 0.25) is 5.02 Å². The lowest BCUT2D eigenvalue weighted by atomic mass is 10.2.